The van der Waals surface area contributed by atoms with E-state index in [-0.39, 0.29) is 5.91 Å². The number of nitrogens with zero attached hydrogens (tertiary/aromatic N) is 1. The summed E-state index contributed by atoms with van der Waals surface area (Å²) >= 11 is 0. The second-order valence-corrected chi connectivity index (χ2v) is 3.62. The van der Waals surface area contributed by atoms with Crippen LogP contribution < -0.4 is 0 Å². The maximum Gasteiger partial charge on any atom is 0.247 e. The molecule has 0 aliphatic carbocycles. The molecule has 0 saturated heterocycles. The molecule has 1 amide bonds. The average molecular weight is 231 g/mol. The van der Waals surface area contributed by atoms with Crippen molar-refractivity contribution in [3.05, 3.63) is 54.8 Å². The first-order valence-corrected chi connectivity index (χ1v) is 5.75. The van der Waals surface area contributed by atoms with Gasteiger partial charge >= 0.3 is 0 Å². The molecule has 0 aliphatic rings. The highest BCUT2D eigenvalue weighted by Crippen LogP contribution is 1.95. The van der Waals surface area contributed by atoms with Crippen molar-refractivity contribution in [2.24, 2.45) is 0 Å². The van der Waals surface area contributed by atoms with E-state index in [1.54, 1.807) is 29.2 Å². The second-order valence-electron chi connectivity index (χ2n) is 3.62. The van der Waals surface area contributed by atoms with Crippen LogP contribution >= 0.6 is 0 Å². The van der Waals surface area contributed by atoms with Crippen molar-refractivity contribution in [1.82, 2.24) is 4.90 Å². The third-order valence-corrected chi connectivity index (χ3v) is 2.21. The van der Waals surface area contributed by atoms with E-state index in [0.29, 0.717) is 13.1 Å². The normalized spacial score (nSPS) is 9.53. The molecule has 0 atom stereocenters. The van der Waals surface area contributed by atoms with Gasteiger partial charge in [-0.1, -0.05) is 19.1 Å². The van der Waals surface area contributed by atoms with Gasteiger partial charge in [0.2, 0.25) is 5.91 Å². The Morgan fingerprint density at radius 2 is 1.88 bits per heavy atom. The van der Waals surface area contributed by atoms with Crippen molar-refractivity contribution >= 4 is 5.91 Å². The topological polar surface area (TPSA) is 20.3 Å². The Bertz CT molecular complexity index is 347. The SMILES string of the molecule is C=CCN(CC=C)C(=O)/C=C/C=C=C(C)CC. The molecule has 2 heteroatoms. The smallest absolute Gasteiger partial charge is 0.247 e. The second kappa shape index (κ2) is 9.44. The minimum atomic E-state index is -0.0444. The van der Waals surface area contributed by atoms with Crippen LogP contribution in [0.3, 0.4) is 0 Å². The van der Waals surface area contributed by atoms with Crippen LogP contribution in [-0.4, -0.2) is 23.9 Å². The Balaban J connectivity index is 4.49. The summed E-state index contributed by atoms with van der Waals surface area (Å²) < 4.78 is 0. The van der Waals surface area contributed by atoms with E-state index >= 15 is 0 Å². The molecule has 0 N–H and O–H groups in total. The fourth-order valence-electron chi connectivity index (χ4n) is 1.09. The molecule has 0 saturated carbocycles. The highest BCUT2D eigenvalue weighted by molar-refractivity contribution is 5.88. The van der Waals surface area contributed by atoms with Crippen LogP contribution in [0.5, 0.6) is 0 Å². The highest BCUT2D eigenvalue weighted by Gasteiger charge is 2.05. The summed E-state index contributed by atoms with van der Waals surface area (Å²) in [5, 5.41) is 0. The van der Waals surface area contributed by atoms with E-state index in [1.165, 1.54) is 6.08 Å². The Morgan fingerprint density at radius 1 is 1.29 bits per heavy atom. The Hall–Kier alpha value is -1.79. The van der Waals surface area contributed by atoms with Crippen molar-refractivity contribution in [3.8, 4) is 0 Å². The van der Waals surface area contributed by atoms with Crippen molar-refractivity contribution < 1.29 is 4.79 Å². The first-order chi connectivity index (χ1) is 8.15. The number of amides is 1. The minimum Gasteiger partial charge on any atom is -0.332 e. The molecule has 0 bridgehead atoms. The third-order valence-electron chi connectivity index (χ3n) is 2.21. The monoisotopic (exact) mass is 231 g/mol. The summed E-state index contributed by atoms with van der Waals surface area (Å²) in [5.74, 6) is -0.0444. The molecule has 0 aliphatic heterocycles. The summed E-state index contributed by atoms with van der Waals surface area (Å²) in [6.45, 7) is 12.4. The lowest BCUT2D eigenvalue weighted by molar-refractivity contribution is -0.125. The van der Waals surface area contributed by atoms with Gasteiger partial charge in [-0.2, -0.15) is 0 Å². The molecule has 0 rings (SSSR count). The predicted octanol–water partition coefficient (Wildman–Crippen LogP) is 3.25. The standard InChI is InChI=1S/C15H21NO/c1-5-12-16(13-6-2)15(17)11-9-8-10-14(4)7-3/h5-6,8-9,11H,1-2,7,12-13H2,3-4H3/b11-9+. The largest absolute Gasteiger partial charge is 0.332 e. The van der Waals surface area contributed by atoms with Gasteiger partial charge in [0, 0.05) is 19.2 Å². The summed E-state index contributed by atoms with van der Waals surface area (Å²) in [4.78, 5) is 13.4. The summed E-state index contributed by atoms with van der Waals surface area (Å²) in [7, 11) is 0. The molecular formula is C15H21NO. The summed E-state index contributed by atoms with van der Waals surface area (Å²) in [6, 6.07) is 0. The Labute approximate surface area is 104 Å². The van der Waals surface area contributed by atoms with Gasteiger partial charge in [0.15, 0.2) is 0 Å². The molecule has 0 unspecified atom stereocenters. The molecule has 0 aromatic rings. The number of hydrogen-bond acceptors (Lipinski definition) is 1. The zero-order valence-corrected chi connectivity index (χ0v) is 10.8. The molecule has 0 radical (unpaired) electrons. The summed E-state index contributed by atoms with van der Waals surface area (Å²) in [5.41, 5.74) is 4.25. The maximum atomic E-state index is 11.7. The molecule has 0 aromatic heterocycles. The van der Waals surface area contributed by atoms with E-state index in [4.69, 9.17) is 0 Å². The fourth-order valence-corrected chi connectivity index (χ4v) is 1.09. The first-order valence-electron chi connectivity index (χ1n) is 5.75. The number of carbonyl (C=O) groups excluding carboxylic acids is 1. The van der Waals surface area contributed by atoms with E-state index in [9.17, 15) is 4.79 Å². The lowest BCUT2D eigenvalue weighted by atomic mass is 10.2. The van der Waals surface area contributed by atoms with Crippen LogP contribution in [-0.2, 0) is 4.79 Å². The van der Waals surface area contributed by atoms with E-state index in [0.717, 1.165) is 12.0 Å². The molecule has 0 aromatic carbocycles. The molecule has 17 heavy (non-hydrogen) atoms. The van der Waals surface area contributed by atoms with E-state index in [2.05, 4.69) is 25.8 Å². The van der Waals surface area contributed by atoms with Crippen LogP contribution in [0, 0.1) is 0 Å². The van der Waals surface area contributed by atoms with Crippen LogP contribution in [0.1, 0.15) is 20.3 Å². The van der Waals surface area contributed by atoms with Crippen LogP contribution in [0.2, 0.25) is 0 Å². The highest BCUT2D eigenvalue weighted by atomic mass is 16.2. The third kappa shape index (κ3) is 7.15. The molecule has 0 fully saturated rings. The molecule has 0 heterocycles. The van der Waals surface area contributed by atoms with Gasteiger partial charge in [-0.15, -0.1) is 18.9 Å². The van der Waals surface area contributed by atoms with Gasteiger partial charge in [0.05, 0.1) is 0 Å². The molecular weight excluding hydrogens is 210 g/mol. The fraction of sp³-hybridized carbons (Fsp3) is 0.333. The van der Waals surface area contributed by atoms with Gasteiger partial charge in [0.1, 0.15) is 0 Å². The number of allylic oxidation sites excluding steroid dienone is 2. The van der Waals surface area contributed by atoms with Crippen molar-refractivity contribution in [1.29, 1.82) is 0 Å². The van der Waals surface area contributed by atoms with Crippen molar-refractivity contribution in [3.63, 3.8) is 0 Å². The van der Waals surface area contributed by atoms with Gasteiger partial charge in [-0.05, 0) is 31.1 Å². The lowest BCUT2D eigenvalue weighted by Gasteiger charge is -2.16. The number of carbonyl (C=O) groups is 1. The Morgan fingerprint density at radius 3 is 2.35 bits per heavy atom. The summed E-state index contributed by atoms with van der Waals surface area (Å²) in [6.07, 6.45) is 9.37. The number of rotatable bonds is 7. The molecule has 0 spiro atoms. The predicted molar refractivity (Wildman–Crippen MR) is 73.7 cm³/mol. The van der Waals surface area contributed by atoms with Gasteiger partial charge < -0.3 is 4.90 Å². The van der Waals surface area contributed by atoms with Gasteiger partial charge in [-0.25, -0.2) is 0 Å². The van der Waals surface area contributed by atoms with Crippen LogP contribution in [0.4, 0.5) is 0 Å². The minimum absolute atomic E-state index is 0.0444. The van der Waals surface area contributed by atoms with Crippen LogP contribution in [0.15, 0.2) is 54.8 Å². The van der Waals surface area contributed by atoms with Gasteiger partial charge in [0.25, 0.3) is 0 Å². The quantitative estimate of drug-likeness (QED) is 0.285. The van der Waals surface area contributed by atoms with Crippen LogP contribution in [0.25, 0.3) is 0 Å². The molecule has 92 valence electrons. The lowest BCUT2D eigenvalue weighted by Crippen LogP contribution is -2.29. The molecule has 2 nitrogen and oxygen atoms in total. The van der Waals surface area contributed by atoms with E-state index in [1.807, 2.05) is 6.92 Å². The number of hydrogen-bond donors (Lipinski definition) is 0. The zero-order chi connectivity index (χ0) is 13.1. The first kappa shape index (κ1) is 15.2. The van der Waals surface area contributed by atoms with Gasteiger partial charge in [-0.3, -0.25) is 4.79 Å². The maximum absolute atomic E-state index is 11.7. The Kier molecular flexibility index (Phi) is 8.44. The van der Waals surface area contributed by atoms with Crippen molar-refractivity contribution in [2.75, 3.05) is 13.1 Å². The van der Waals surface area contributed by atoms with Crippen molar-refractivity contribution in [2.45, 2.75) is 20.3 Å². The average Bonchev–Trinajstić information content (AvgIpc) is 2.33. The zero-order valence-electron chi connectivity index (χ0n) is 10.8. The van der Waals surface area contributed by atoms with E-state index < -0.39 is 0 Å².